The monoisotopic (exact) mass is 346 g/mol. The average Bonchev–Trinajstić information content (AvgIpc) is 3.29. The first-order valence-corrected chi connectivity index (χ1v) is 9.09. The first-order valence-electron chi connectivity index (χ1n) is 8.21. The number of thiophene rings is 1. The lowest BCUT2D eigenvalue weighted by atomic mass is 10.1. The molecule has 3 rings (SSSR count). The SMILES string of the molecule is CC(=O)N[C@H](CC(=O)N1CCC[C@H]1Cn1cccn1)c1cccs1. The first-order chi connectivity index (χ1) is 11.6. The van der Waals surface area contributed by atoms with Crippen LogP contribution < -0.4 is 5.32 Å². The summed E-state index contributed by atoms with van der Waals surface area (Å²) in [6, 6.07) is 5.73. The standard InChI is InChI=1S/C17H22N4O2S/c1-13(22)19-15(16-6-3-10-24-16)11-17(23)21-9-2-5-14(21)12-20-8-4-7-18-20/h3-4,6-8,10,14-15H,2,5,9,11-12H2,1H3,(H,19,22)/t14-,15+/m0/s1. The number of hydrogen-bond donors (Lipinski definition) is 1. The van der Waals surface area contributed by atoms with Crippen LogP contribution in [0.2, 0.25) is 0 Å². The molecular weight excluding hydrogens is 324 g/mol. The highest BCUT2D eigenvalue weighted by atomic mass is 32.1. The summed E-state index contributed by atoms with van der Waals surface area (Å²) in [5.41, 5.74) is 0. The molecule has 6 nitrogen and oxygen atoms in total. The molecule has 1 saturated heterocycles. The van der Waals surface area contributed by atoms with Gasteiger partial charge in [-0.2, -0.15) is 5.10 Å². The number of hydrogen-bond acceptors (Lipinski definition) is 4. The van der Waals surface area contributed by atoms with Crippen molar-refractivity contribution >= 4 is 23.2 Å². The molecule has 0 radical (unpaired) electrons. The molecule has 1 fully saturated rings. The maximum Gasteiger partial charge on any atom is 0.225 e. The lowest BCUT2D eigenvalue weighted by Gasteiger charge is -2.27. The third kappa shape index (κ3) is 4.03. The highest BCUT2D eigenvalue weighted by molar-refractivity contribution is 7.10. The Bertz CT molecular complexity index is 669. The second-order valence-corrected chi connectivity index (χ2v) is 7.06. The summed E-state index contributed by atoms with van der Waals surface area (Å²) in [7, 11) is 0. The lowest BCUT2D eigenvalue weighted by Crippen LogP contribution is -2.40. The van der Waals surface area contributed by atoms with Crippen molar-refractivity contribution in [2.75, 3.05) is 6.54 Å². The van der Waals surface area contributed by atoms with Crippen LogP contribution >= 0.6 is 11.3 Å². The third-order valence-corrected chi connectivity index (χ3v) is 5.28. The molecule has 0 unspecified atom stereocenters. The molecule has 1 N–H and O–H groups in total. The zero-order chi connectivity index (χ0) is 16.9. The summed E-state index contributed by atoms with van der Waals surface area (Å²) in [5.74, 6) is -0.0208. The Kier molecular flexibility index (Phi) is 5.30. The molecule has 0 aromatic carbocycles. The van der Waals surface area contributed by atoms with Gasteiger partial charge in [0.15, 0.2) is 0 Å². The van der Waals surface area contributed by atoms with Crippen molar-refractivity contribution in [2.24, 2.45) is 0 Å². The zero-order valence-corrected chi connectivity index (χ0v) is 14.5. The second-order valence-electron chi connectivity index (χ2n) is 6.08. The highest BCUT2D eigenvalue weighted by Crippen LogP contribution is 2.26. The fourth-order valence-corrected chi connectivity index (χ4v) is 4.01. The predicted molar refractivity (Wildman–Crippen MR) is 92.5 cm³/mol. The molecular formula is C17H22N4O2S. The van der Waals surface area contributed by atoms with Crippen molar-refractivity contribution < 1.29 is 9.59 Å². The lowest BCUT2D eigenvalue weighted by molar-refractivity contribution is -0.133. The van der Waals surface area contributed by atoms with Crippen LogP contribution in [-0.2, 0) is 16.1 Å². The number of nitrogens with one attached hydrogen (secondary N) is 1. The number of likely N-dealkylation sites (tertiary alicyclic amines) is 1. The van der Waals surface area contributed by atoms with Crippen LogP contribution in [0.15, 0.2) is 36.0 Å². The molecule has 0 spiro atoms. The van der Waals surface area contributed by atoms with Crippen LogP contribution in [0.1, 0.15) is 37.1 Å². The summed E-state index contributed by atoms with van der Waals surface area (Å²) < 4.78 is 1.88. The summed E-state index contributed by atoms with van der Waals surface area (Å²) in [6.45, 7) is 2.99. The van der Waals surface area contributed by atoms with Gasteiger partial charge in [0.2, 0.25) is 11.8 Å². The van der Waals surface area contributed by atoms with Gasteiger partial charge < -0.3 is 10.2 Å². The molecule has 0 aliphatic carbocycles. The predicted octanol–water partition coefficient (Wildman–Crippen LogP) is 2.20. The Hall–Kier alpha value is -2.15. The first kappa shape index (κ1) is 16.7. The molecule has 0 saturated carbocycles. The summed E-state index contributed by atoms with van der Waals surface area (Å²) in [4.78, 5) is 27.3. The van der Waals surface area contributed by atoms with Crippen LogP contribution in [0.3, 0.4) is 0 Å². The van der Waals surface area contributed by atoms with Gasteiger partial charge in [0.25, 0.3) is 0 Å². The fourth-order valence-electron chi connectivity index (χ4n) is 3.23. The van der Waals surface area contributed by atoms with E-state index in [1.165, 1.54) is 6.92 Å². The van der Waals surface area contributed by atoms with Gasteiger partial charge in [-0.05, 0) is 30.4 Å². The Morgan fingerprint density at radius 1 is 1.46 bits per heavy atom. The van der Waals surface area contributed by atoms with Crippen molar-refractivity contribution in [3.8, 4) is 0 Å². The van der Waals surface area contributed by atoms with Gasteiger partial charge >= 0.3 is 0 Å². The van der Waals surface area contributed by atoms with Crippen LogP contribution in [0, 0.1) is 0 Å². The van der Waals surface area contributed by atoms with E-state index < -0.39 is 0 Å². The minimum Gasteiger partial charge on any atom is -0.348 e. The van der Waals surface area contributed by atoms with E-state index in [1.54, 1.807) is 17.5 Å². The number of amides is 2. The van der Waals surface area contributed by atoms with Gasteiger partial charge in [0.05, 0.1) is 25.0 Å². The maximum atomic E-state index is 12.8. The van der Waals surface area contributed by atoms with Gasteiger partial charge in [-0.1, -0.05) is 6.07 Å². The van der Waals surface area contributed by atoms with Crippen LogP contribution in [-0.4, -0.2) is 39.1 Å². The second kappa shape index (κ2) is 7.61. The van der Waals surface area contributed by atoms with E-state index in [0.717, 1.165) is 30.8 Å². The number of carbonyl (C=O) groups excluding carboxylic acids is 2. The normalized spacial score (nSPS) is 18.5. The Labute approximate surface area is 145 Å². The zero-order valence-electron chi connectivity index (χ0n) is 13.7. The molecule has 2 atom stereocenters. The largest absolute Gasteiger partial charge is 0.348 e. The molecule has 2 amide bonds. The maximum absolute atomic E-state index is 12.8. The van der Waals surface area contributed by atoms with E-state index in [2.05, 4.69) is 10.4 Å². The number of nitrogens with zero attached hydrogens (tertiary/aromatic N) is 3. The van der Waals surface area contributed by atoms with Gasteiger partial charge in [-0.25, -0.2) is 0 Å². The number of rotatable bonds is 6. The molecule has 1 aliphatic rings. The summed E-state index contributed by atoms with van der Waals surface area (Å²) in [5, 5.41) is 9.10. The van der Waals surface area contributed by atoms with Crippen molar-refractivity contribution in [3.63, 3.8) is 0 Å². The van der Waals surface area contributed by atoms with Gasteiger partial charge in [0.1, 0.15) is 0 Å². The van der Waals surface area contributed by atoms with E-state index >= 15 is 0 Å². The van der Waals surface area contributed by atoms with Crippen LogP contribution in [0.4, 0.5) is 0 Å². The van der Waals surface area contributed by atoms with E-state index in [1.807, 2.05) is 39.4 Å². The van der Waals surface area contributed by atoms with E-state index in [0.29, 0.717) is 6.42 Å². The van der Waals surface area contributed by atoms with Crippen molar-refractivity contribution in [3.05, 3.63) is 40.8 Å². The number of aromatic nitrogens is 2. The quantitative estimate of drug-likeness (QED) is 0.872. The minimum absolute atomic E-state index is 0.0943. The van der Waals surface area contributed by atoms with E-state index in [9.17, 15) is 9.59 Å². The van der Waals surface area contributed by atoms with Gasteiger partial charge in [-0.15, -0.1) is 11.3 Å². The van der Waals surface area contributed by atoms with E-state index in [-0.39, 0.29) is 23.9 Å². The fraction of sp³-hybridized carbons (Fsp3) is 0.471. The smallest absolute Gasteiger partial charge is 0.225 e. The highest BCUT2D eigenvalue weighted by Gasteiger charge is 2.31. The van der Waals surface area contributed by atoms with Crippen LogP contribution in [0.5, 0.6) is 0 Å². The molecule has 3 heterocycles. The third-order valence-electron chi connectivity index (χ3n) is 4.30. The van der Waals surface area contributed by atoms with Gasteiger partial charge in [-0.3, -0.25) is 14.3 Å². The molecule has 7 heteroatoms. The van der Waals surface area contributed by atoms with Crippen LogP contribution in [0.25, 0.3) is 0 Å². The number of carbonyl (C=O) groups is 2. The summed E-state index contributed by atoms with van der Waals surface area (Å²) in [6.07, 6.45) is 5.99. The minimum atomic E-state index is -0.249. The molecule has 24 heavy (non-hydrogen) atoms. The topological polar surface area (TPSA) is 67.2 Å². The van der Waals surface area contributed by atoms with Gasteiger partial charge in [0, 0.05) is 30.7 Å². The van der Waals surface area contributed by atoms with Crippen molar-refractivity contribution in [1.29, 1.82) is 0 Å². The molecule has 0 bridgehead atoms. The van der Waals surface area contributed by atoms with Crippen molar-refractivity contribution in [1.82, 2.24) is 20.0 Å². The summed E-state index contributed by atoms with van der Waals surface area (Å²) >= 11 is 1.56. The molecule has 128 valence electrons. The Morgan fingerprint density at radius 2 is 2.33 bits per heavy atom. The molecule has 1 aliphatic heterocycles. The Morgan fingerprint density at radius 3 is 3.00 bits per heavy atom. The van der Waals surface area contributed by atoms with Crippen molar-refractivity contribution in [2.45, 2.75) is 44.8 Å². The van der Waals surface area contributed by atoms with E-state index in [4.69, 9.17) is 0 Å². The average molecular weight is 346 g/mol. The molecule has 2 aromatic heterocycles. The Balaban J connectivity index is 1.66. The molecule has 2 aromatic rings.